The van der Waals surface area contributed by atoms with E-state index in [0.29, 0.717) is 6.42 Å². The van der Waals surface area contributed by atoms with Gasteiger partial charge in [-0.3, -0.25) is 0 Å². The first-order valence-corrected chi connectivity index (χ1v) is 7.33. The minimum absolute atomic E-state index is 0.0683. The van der Waals surface area contributed by atoms with Crippen molar-refractivity contribution in [3.63, 3.8) is 0 Å². The number of rotatable bonds is 3. The standard InChI is InChI=1S/C15H27NO4/c1-10(2)11-8-6-7-9-15(11,12(17)18)16-13(19)20-14(3,4)5/h10-11H,6-9H2,1-5H3,(H,16,19)(H,17,18). The summed E-state index contributed by atoms with van der Waals surface area (Å²) in [6.07, 6.45) is 2.45. The van der Waals surface area contributed by atoms with Crippen LogP contribution in [0.15, 0.2) is 0 Å². The van der Waals surface area contributed by atoms with E-state index in [0.717, 1.165) is 19.3 Å². The maximum absolute atomic E-state index is 12.0. The topological polar surface area (TPSA) is 75.6 Å². The van der Waals surface area contributed by atoms with Crippen LogP contribution in [-0.2, 0) is 9.53 Å². The van der Waals surface area contributed by atoms with Gasteiger partial charge in [0.05, 0.1) is 0 Å². The van der Waals surface area contributed by atoms with Crippen molar-refractivity contribution in [3.8, 4) is 0 Å². The van der Waals surface area contributed by atoms with Crippen LogP contribution in [0.1, 0.15) is 60.3 Å². The average molecular weight is 285 g/mol. The maximum Gasteiger partial charge on any atom is 0.408 e. The summed E-state index contributed by atoms with van der Waals surface area (Å²) in [7, 11) is 0. The first kappa shape index (κ1) is 16.8. The lowest BCUT2D eigenvalue weighted by Gasteiger charge is -2.43. The van der Waals surface area contributed by atoms with Gasteiger partial charge in [0.2, 0.25) is 0 Å². The monoisotopic (exact) mass is 285 g/mol. The molecule has 0 aromatic rings. The number of carboxylic acids is 1. The molecule has 0 aromatic heterocycles. The highest BCUT2D eigenvalue weighted by Crippen LogP contribution is 2.39. The van der Waals surface area contributed by atoms with Gasteiger partial charge in [-0.05, 0) is 45.4 Å². The highest BCUT2D eigenvalue weighted by Gasteiger charge is 2.50. The molecular formula is C15H27NO4. The van der Waals surface area contributed by atoms with Gasteiger partial charge in [0.25, 0.3) is 0 Å². The summed E-state index contributed by atoms with van der Waals surface area (Å²) in [6, 6.07) is 0. The lowest BCUT2D eigenvalue weighted by Crippen LogP contribution is -2.62. The Bertz CT molecular complexity index is 373. The zero-order valence-corrected chi connectivity index (χ0v) is 13.2. The van der Waals surface area contributed by atoms with Crippen LogP contribution in [0.25, 0.3) is 0 Å². The molecule has 20 heavy (non-hydrogen) atoms. The van der Waals surface area contributed by atoms with Gasteiger partial charge in [-0.2, -0.15) is 0 Å². The zero-order chi connectivity index (χ0) is 15.6. The molecule has 2 N–H and O–H groups in total. The number of carbonyl (C=O) groups excluding carboxylic acids is 1. The average Bonchev–Trinajstić information content (AvgIpc) is 2.26. The molecule has 5 nitrogen and oxygen atoms in total. The first-order chi connectivity index (χ1) is 9.08. The number of carboxylic acid groups (broad SMARTS) is 1. The van der Waals surface area contributed by atoms with Gasteiger partial charge >= 0.3 is 12.1 Å². The summed E-state index contributed by atoms with van der Waals surface area (Å²) in [5, 5.41) is 12.3. The lowest BCUT2D eigenvalue weighted by molar-refractivity contribution is -0.150. The van der Waals surface area contributed by atoms with E-state index in [4.69, 9.17) is 4.74 Å². The zero-order valence-electron chi connectivity index (χ0n) is 13.2. The number of ether oxygens (including phenoxy) is 1. The minimum Gasteiger partial charge on any atom is -0.479 e. The normalized spacial score (nSPS) is 27.2. The second kappa shape index (κ2) is 6.02. The van der Waals surface area contributed by atoms with E-state index in [-0.39, 0.29) is 11.8 Å². The van der Waals surface area contributed by atoms with Crippen molar-refractivity contribution in [2.75, 3.05) is 0 Å². The fraction of sp³-hybridized carbons (Fsp3) is 0.867. The van der Waals surface area contributed by atoms with Crippen molar-refractivity contribution in [2.24, 2.45) is 11.8 Å². The van der Waals surface area contributed by atoms with Gasteiger partial charge < -0.3 is 15.2 Å². The summed E-state index contributed by atoms with van der Waals surface area (Å²) in [5.41, 5.74) is -1.83. The number of amides is 1. The summed E-state index contributed by atoms with van der Waals surface area (Å²) in [6.45, 7) is 9.30. The first-order valence-electron chi connectivity index (χ1n) is 7.33. The van der Waals surface area contributed by atoms with Crippen LogP contribution in [0.5, 0.6) is 0 Å². The molecule has 1 aliphatic carbocycles. The molecular weight excluding hydrogens is 258 g/mol. The smallest absolute Gasteiger partial charge is 0.408 e. The third-order valence-electron chi connectivity index (χ3n) is 3.88. The Morgan fingerprint density at radius 1 is 1.30 bits per heavy atom. The molecule has 0 aliphatic heterocycles. The molecule has 116 valence electrons. The molecule has 5 heteroatoms. The highest BCUT2D eigenvalue weighted by atomic mass is 16.6. The second-order valence-electron chi connectivity index (χ2n) is 7.00. The van der Waals surface area contributed by atoms with Gasteiger partial charge in [0.15, 0.2) is 0 Å². The van der Waals surface area contributed by atoms with Crippen molar-refractivity contribution in [1.29, 1.82) is 0 Å². The molecule has 1 rings (SSSR count). The van der Waals surface area contributed by atoms with Gasteiger partial charge in [0.1, 0.15) is 11.1 Å². The van der Waals surface area contributed by atoms with Crippen LogP contribution in [0, 0.1) is 11.8 Å². The number of alkyl carbamates (subject to hydrolysis) is 1. The summed E-state index contributed by atoms with van der Waals surface area (Å²) in [4.78, 5) is 23.8. The van der Waals surface area contributed by atoms with E-state index in [1.807, 2.05) is 13.8 Å². The van der Waals surface area contributed by atoms with E-state index >= 15 is 0 Å². The molecule has 1 saturated carbocycles. The van der Waals surface area contributed by atoms with Gasteiger partial charge in [-0.15, -0.1) is 0 Å². The molecule has 0 bridgehead atoms. The molecule has 2 unspecified atom stereocenters. The number of aliphatic carboxylic acids is 1. The summed E-state index contributed by atoms with van der Waals surface area (Å²) >= 11 is 0. The quantitative estimate of drug-likeness (QED) is 0.835. The number of nitrogens with one attached hydrogen (secondary N) is 1. The van der Waals surface area contributed by atoms with Crippen LogP contribution in [0.4, 0.5) is 4.79 Å². The van der Waals surface area contributed by atoms with Gasteiger partial charge in [-0.25, -0.2) is 9.59 Å². The van der Waals surface area contributed by atoms with Gasteiger partial charge in [-0.1, -0.05) is 26.7 Å². The third kappa shape index (κ3) is 3.87. The van der Waals surface area contributed by atoms with Crippen molar-refractivity contribution in [1.82, 2.24) is 5.32 Å². The van der Waals surface area contributed by atoms with Crippen LogP contribution in [0.3, 0.4) is 0 Å². The number of carbonyl (C=O) groups is 2. The molecule has 0 radical (unpaired) electrons. The lowest BCUT2D eigenvalue weighted by atomic mass is 9.68. The number of hydrogen-bond acceptors (Lipinski definition) is 3. The van der Waals surface area contributed by atoms with Crippen LogP contribution in [0.2, 0.25) is 0 Å². The van der Waals surface area contributed by atoms with E-state index in [9.17, 15) is 14.7 Å². The Morgan fingerprint density at radius 3 is 2.35 bits per heavy atom. The van der Waals surface area contributed by atoms with E-state index in [1.165, 1.54) is 0 Å². The van der Waals surface area contributed by atoms with Crippen LogP contribution < -0.4 is 5.32 Å². The van der Waals surface area contributed by atoms with Crippen molar-refractivity contribution in [3.05, 3.63) is 0 Å². The summed E-state index contributed by atoms with van der Waals surface area (Å²) in [5.74, 6) is -0.829. The van der Waals surface area contributed by atoms with E-state index in [2.05, 4.69) is 5.32 Å². The predicted octanol–water partition coefficient (Wildman–Crippen LogP) is 3.18. The molecule has 1 aliphatic rings. The Labute approximate surface area is 121 Å². The molecule has 0 spiro atoms. The van der Waals surface area contributed by atoms with Crippen LogP contribution >= 0.6 is 0 Å². The predicted molar refractivity (Wildman–Crippen MR) is 76.5 cm³/mol. The highest BCUT2D eigenvalue weighted by molar-refractivity contribution is 5.85. The molecule has 0 heterocycles. The van der Waals surface area contributed by atoms with Crippen molar-refractivity contribution in [2.45, 2.75) is 71.4 Å². The third-order valence-corrected chi connectivity index (χ3v) is 3.88. The Hall–Kier alpha value is -1.26. The van der Waals surface area contributed by atoms with Crippen molar-refractivity contribution < 1.29 is 19.4 Å². The molecule has 1 amide bonds. The van der Waals surface area contributed by atoms with Gasteiger partial charge in [0, 0.05) is 0 Å². The Balaban J connectivity index is 2.96. The van der Waals surface area contributed by atoms with Crippen LogP contribution in [-0.4, -0.2) is 28.3 Å². The van der Waals surface area contributed by atoms with E-state index < -0.39 is 23.2 Å². The molecule has 1 fully saturated rings. The SMILES string of the molecule is CC(C)C1CCCCC1(NC(=O)OC(C)(C)C)C(=O)O. The second-order valence-corrected chi connectivity index (χ2v) is 7.00. The fourth-order valence-corrected chi connectivity index (χ4v) is 3.06. The molecule has 2 atom stereocenters. The number of hydrogen-bond donors (Lipinski definition) is 2. The molecule has 0 saturated heterocycles. The fourth-order valence-electron chi connectivity index (χ4n) is 3.06. The Kier molecular flexibility index (Phi) is 5.05. The minimum atomic E-state index is -1.20. The largest absolute Gasteiger partial charge is 0.479 e. The molecule has 0 aromatic carbocycles. The van der Waals surface area contributed by atoms with Crippen molar-refractivity contribution >= 4 is 12.1 Å². The summed E-state index contributed by atoms with van der Waals surface area (Å²) < 4.78 is 5.23. The Morgan fingerprint density at radius 2 is 1.90 bits per heavy atom. The van der Waals surface area contributed by atoms with E-state index in [1.54, 1.807) is 20.8 Å². The maximum atomic E-state index is 12.0.